The maximum absolute atomic E-state index is 8.72. The predicted octanol–water partition coefficient (Wildman–Crippen LogP) is -0.514. The summed E-state index contributed by atoms with van der Waals surface area (Å²) in [5, 5.41) is 25.9. The van der Waals surface area contributed by atoms with Crippen molar-refractivity contribution in [3.63, 3.8) is 0 Å². The summed E-state index contributed by atoms with van der Waals surface area (Å²) in [6.07, 6.45) is 1.46. The minimum atomic E-state index is -1.56. The van der Waals surface area contributed by atoms with Crippen LogP contribution in [0.2, 0.25) is 0 Å². The lowest BCUT2D eigenvalue weighted by molar-refractivity contribution is 0.390. The molecule has 0 fully saturated rings. The van der Waals surface area contributed by atoms with Gasteiger partial charge in [0.1, 0.15) is 6.07 Å². The van der Waals surface area contributed by atoms with E-state index in [9.17, 15) is 0 Å². The highest BCUT2D eigenvalue weighted by Crippen LogP contribution is 2.07. The zero-order valence-electron chi connectivity index (χ0n) is 6.02. The molecule has 0 bridgehead atoms. The summed E-state index contributed by atoms with van der Waals surface area (Å²) in [6, 6.07) is 3.46. The topological polar surface area (TPSA) is 69.2 Å². The van der Waals surface area contributed by atoms with Gasteiger partial charge in [-0.3, -0.25) is 0 Å². The van der Waals surface area contributed by atoms with Crippen LogP contribution in [0.5, 0.6) is 0 Å². The quantitative estimate of drug-likeness (QED) is 0.529. The molecule has 0 amide bonds. The van der Waals surface area contributed by atoms with Crippen LogP contribution < -0.4 is 0 Å². The molecule has 0 unspecified atom stereocenters. The minimum absolute atomic E-state index is 0.457. The van der Waals surface area contributed by atoms with Crippen molar-refractivity contribution in [3.05, 3.63) is 23.5 Å². The van der Waals surface area contributed by atoms with Crippen molar-refractivity contribution in [1.82, 2.24) is 4.48 Å². The van der Waals surface area contributed by atoms with Crippen LogP contribution in [0.3, 0.4) is 0 Å². The monoisotopic (exact) mass is 150 g/mol. The van der Waals surface area contributed by atoms with Gasteiger partial charge in [-0.15, -0.1) is 0 Å². The van der Waals surface area contributed by atoms with E-state index in [1.807, 2.05) is 6.07 Å². The van der Waals surface area contributed by atoms with E-state index in [1.54, 1.807) is 6.92 Å². The SMILES string of the molecule is Cc1c(C#N)ccn1B(O)O. The van der Waals surface area contributed by atoms with Gasteiger partial charge in [-0.2, -0.15) is 5.26 Å². The number of rotatable bonds is 1. The molecular weight excluding hydrogens is 143 g/mol. The molecule has 1 heterocycles. The van der Waals surface area contributed by atoms with Gasteiger partial charge in [-0.1, -0.05) is 0 Å². The first-order valence-electron chi connectivity index (χ1n) is 3.10. The van der Waals surface area contributed by atoms with E-state index in [0.717, 1.165) is 0 Å². The molecular formula is C6H7BN2O2. The molecule has 0 aliphatic carbocycles. The van der Waals surface area contributed by atoms with Crippen LogP contribution >= 0.6 is 0 Å². The summed E-state index contributed by atoms with van der Waals surface area (Å²) in [6.45, 7) is 1.65. The number of hydrogen-bond donors (Lipinski definition) is 2. The fourth-order valence-corrected chi connectivity index (χ4v) is 0.895. The molecule has 1 rings (SSSR count). The molecule has 5 heteroatoms. The Morgan fingerprint density at radius 1 is 1.64 bits per heavy atom. The maximum atomic E-state index is 8.72. The number of nitriles is 1. The summed E-state index contributed by atoms with van der Waals surface area (Å²) in [7, 11) is -1.56. The third kappa shape index (κ3) is 1.27. The van der Waals surface area contributed by atoms with Crippen molar-refractivity contribution in [2.24, 2.45) is 0 Å². The lowest BCUT2D eigenvalue weighted by Gasteiger charge is -2.01. The molecule has 0 aromatic carbocycles. The Kier molecular flexibility index (Phi) is 1.99. The molecule has 0 spiro atoms. The Morgan fingerprint density at radius 3 is 2.55 bits per heavy atom. The first kappa shape index (κ1) is 7.86. The Bertz CT molecular complexity index is 300. The molecule has 1 aromatic heterocycles. The van der Waals surface area contributed by atoms with Crippen molar-refractivity contribution in [2.45, 2.75) is 6.92 Å². The molecule has 11 heavy (non-hydrogen) atoms. The van der Waals surface area contributed by atoms with E-state index < -0.39 is 7.25 Å². The van der Waals surface area contributed by atoms with Crippen LogP contribution in [-0.4, -0.2) is 21.8 Å². The van der Waals surface area contributed by atoms with Gasteiger partial charge in [-0.25, -0.2) is 0 Å². The van der Waals surface area contributed by atoms with Gasteiger partial charge in [0.25, 0.3) is 0 Å². The highest BCUT2D eigenvalue weighted by Gasteiger charge is 2.14. The summed E-state index contributed by atoms with van der Waals surface area (Å²) in [5.74, 6) is 0. The maximum Gasteiger partial charge on any atom is 0.591 e. The van der Waals surface area contributed by atoms with Crippen molar-refractivity contribution >= 4 is 7.25 Å². The summed E-state index contributed by atoms with van der Waals surface area (Å²) in [5.41, 5.74) is 1.01. The zero-order valence-corrected chi connectivity index (χ0v) is 6.02. The molecule has 0 radical (unpaired) electrons. The van der Waals surface area contributed by atoms with Gasteiger partial charge in [0, 0.05) is 5.69 Å². The van der Waals surface area contributed by atoms with Crippen molar-refractivity contribution in [2.75, 3.05) is 0 Å². The second kappa shape index (κ2) is 2.78. The van der Waals surface area contributed by atoms with Gasteiger partial charge in [0.15, 0.2) is 0 Å². The smallest absolute Gasteiger partial charge is 0.407 e. The average Bonchev–Trinajstić information content (AvgIpc) is 2.30. The third-order valence-electron chi connectivity index (χ3n) is 1.55. The van der Waals surface area contributed by atoms with Crippen LogP contribution in [-0.2, 0) is 0 Å². The van der Waals surface area contributed by atoms with Crippen molar-refractivity contribution < 1.29 is 10.0 Å². The van der Waals surface area contributed by atoms with Crippen molar-refractivity contribution in [3.8, 4) is 6.07 Å². The summed E-state index contributed by atoms with van der Waals surface area (Å²) < 4.78 is 1.21. The molecule has 2 N–H and O–H groups in total. The van der Waals surface area contributed by atoms with Gasteiger partial charge in [0.05, 0.1) is 5.56 Å². The molecule has 0 aliphatic rings. The highest BCUT2D eigenvalue weighted by atomic mass is 16.4. The fourth-order valence-electron chi connectivity index (χ4n) is 0.895. The van der Waals surface area contributed by atoms with E-state index in [2.05, 4.69) is 0 Å². The molecule has 0 saturated carbocycles. The van der Waals surface area contributed by atoms with E-state index in [4.69, 9.17) is 15.3 Å². The second-order valence-corrected chi connectivity index (χ2v) is 2.18. The second-order valence-electron chi connectivity index (χ2n) is 2.18. The third-order valence-corrected chi connectivity index (χ3v) is 1.55. The molecule has 56 valence electrons. The molecule has 0 atom stereocenters. The highest BCUT2D eigenvalue weighted by molar-refractivity contribution is 6.39. The summed E-state index contributed by atoms with van der Waals surface area (Å²) >= 11 is 0. The largest absolute Gasteiger partial charge is 0.591 e. The van der Waals surface area contributed by atoms with E-state index >= 15 is 0 Å². The summed E-state index contributed by atoms with van der Waals surface area (Å²) in [4.78, 5) is 0. The van der Waals surface area contributed by atoms with Crippen LogP contribution in [0.1, 0.15) is 11.3 Å². The van der Waals surface area contributed by atoms with E-state index in [0.29, 0.717) is 11.3 Å². The lowest BCUT2D eigenvalue weighted by atomic mass is 10.1. The van der Waals surface area contributed by atoms with Gasteiger partial charge in [-0.05, 0) is 19.2 Å². The van der Waals surface area contributed by atoms with Crippen LogP contribution in [0.4, 0.5) is 0 Å². The van der Waals surface area contributed by atoms with Crippen LogP contribution in [0, 0.1) is 18.3 Å². The van der Waals surface area contributed by atoms with Gasteiger partial charge >= 0.3 is 7.25 Å². The van der Waals surface area contributed by atoms with Crippen LogP contribution in [0.25, 0.3) is 0 Å². The van der Waals surface area contributed by atoms with Gasteiger partial charge in [0.2, 0.25) is 0 Å². The molecule has 0 saturated heterocycles. The van der Waals surface area contributed by atoms with Crippen LogP contribution in [0.15, 0.2) is 12.3 Å². The fraction of sp³-hybridized carbons (Fsp3) is 0.167. The lowest BCUT2D eigenvalue weighted by Crippen LogP contribution is -2.23. The number of aromatic nitrogens is 1. The Morgan fingerprint density at radius 2 is 2.27 bits per heavy atom. The Labute approximate surface area is 64.5 Å². The first-order chi connectivity index (χ1) is 5.16. The Hall–Kier alpha value is -1.25. The zero-order chi connectivity index (χ0) is 8.43. The average molecular weight is 150 g/mol. The Balaban J connectivity index is 3.13. The predicted molar refractivity (Wildman–Crippen MR) is 39.5 cm³/mol. The number of nitrogens with zero attached hydrogens (tertiary/aromatic N) is 2. The number of hydrogen-bond acceptors (Lipinski definition) is 3. The normalized spacial score (nSPS) is 9.27. The molecule has 1 aromatic rings. The molecule has 0 aliphatic heterocycles. The van der Waals surface area contributed by atoms with Gasteiger partial charge < -0.3 is 14.5 Å². The van der Waals surface area contributed by atoms with E-state index in [1.165, 1.54) is 16.7 Å². The standard InChI is InChI=1S/C6H7BN2O2/c1-5-6(4-8)2-3-9(5)7(10)11/h2-3,10-11H,1H3. The van der Waals surface area contributed by atoms with E-state index in [-0.39, 0.29) is 0 Å². The molecule has 4 nitrogen and oxygen atoms in total. The van der Waals surface area contributed by atoms with Crippen molar-refractivity contribution in [1.29, 1.82) is 5.26 Å². The minimum Gasteiger partial charge on any atom is -0.407 e. The first-order valence-corrected chi connectivity index (χ1v) is 3.10.